The Morgan fingerprint density at radius 3 is 1.46 bits per heavy atom. The highest BCUT2D eigenvalue weighted by Crippen LogP contribution is 2.41. The Morgan fingerprint density at radius 2 is 1.08 bits per heavy atom. The largest absolute Gasteiger partial charge is 0.493 e. The Morgan fingerprint density at radius 1 is 0.654 bits per heavy atom. The molecular weight excluding hydrogens is 340 g/mol. The second kappa shape index (κ2) is 8.70. The molecule has 2 rings (SSSR count). The Hall–Kier alpha value is -3.29. The lowest BCUT2D eigenvalue weighted by atomic mass is 10.2. The number of hydrogen-bond acceptors (Lipinski definition) is 8. The molecule has 26 heavy (non-hydrogen) atoms. The molecule has 0 aliphatic heterocycles. The van der Waals surface area contributed by atoms with Crippen LogP contribution in [0.2, 0.25) is 0 Å². The van der Waals surface area contributed by atoms with Crippen LogP contribution >= 0.6 is 0 Å². The highest BCUT2D eigenvalue weighted by molar-refractivity contribution is 5.83. The average molecular weight is 360 g/mol. The van der Waals surface area contributed by atoms with E-state index in [4.69, 9.17) is 23.7 Å². The molecular formula is C18H20N2O6. The van der Waals surface area contributed by atoms with Crippen molar-refractivity contribution < 1.29 is 28.5 Å². The summed E-state index contributed by atoms with van der Waals surface area (Å²) in [5.41, 5.74) is 1.23. The number of carbonyl (C=O) groups excluding carboxylic acids is 1. The van der Waals surface area contributed by atoms with Crippen molar-refractivity contribution in [1.29, 1.82) is 0 Å². The topological polar surface area (TPSA) is 87.9 Å². The van der Waals surface area contributed by atoms with E-state index >= 15 is 0 Å². The van der Waals surface area contributed by atoms with Gasteiger partial charge in [0, 0.05) is 18.2 Å². The highest BCUT2D eigenvalue weighted by atomic mass is 16.5. The minimum absolute atomic E-state index is 0.311. The predicted octanol–water partition coefficient (Wildman–Crippen LogP) is 3.96. The van der Waals surface area contributed by atoms with Crippen molar-refractivity contribution in [2.75, 3.05) is 35.5 Å². The zero-order chi connectivity index (χ0) is 19.1. The first kappa shape index (κ1) is 19.0. The van der Waals surface area contributed by atoms with Gasteiger partial charge in [-0.2, -0.15) is 10.2 Å². The van der Waals surface area contributed by atoms with Gasteiger partial charge in [0.25, 0.3) is 0 Å². The minimum atomic E-state index is 0.311. The number of aldehydes is 1. The van der Waals surface area contributed by atoms with E-state index in [1.165, 1.54) is 35.5 Å². The van der Waals surface area contributed by atoms with Gasteiger partial charge in [0.1, 0.15) is 0 Å². The summed E-state index contributed by atoms with van der Waals surface area (Å²) in [5.74, 6) is 2.11. The van der Waals surface area contributed by atoms with E-state index in [-0.39, 0.29) is 0 Å². The van der Waals surface area contributed by atoms with Crippen LogP contribution in [-0.2, 0) is 0 Å². The molecule has 8 nitrogen and oxygen atoms in total. The van der Waals surface area contributed by atoms with Gasteiger partial charge in [-0.1, -0.05) is 0 Å². The molecule has 138 valence electrons. The summed E-state index contributed by atoms with van der Waals surface area (Å²) in [5, 5.41) is 8.33. The standard InChI is InChI=1S/C18H20N2O6/c1-22-14-7-12(6-11(10-21)17(14)25-4)19-20-13-8-15(23-2)18(26-5)16(9-13)24-3/h6-10H,1-5H3. The van der Waals surface area contributed by atoms with Crippen LogP contribution < -0.4 is 23.7 Å². The Kier molecular flexibility index (Phi) is 6.37. The van der Waals surface area contributed by atoms with Crippen LogP contribution in [0.15, 0.2) is 34.5 Å². The van der Waals surface area contributed by atoms with Crippen molar-refractivity contribution >= 4 is 17.7 Å². The van der Waals surface area contributed by atoms with Gasteiger partial charge in [0.05, 0.1) is 52.5 Å². The molecule has 0 N–H and O–H groups in total. The van der Waals surface area contributed by atoms with Crippen LogP contribution in [0.3, 0.4) is 0 Å². The van der Waals surface area contributed by atoms with Gasteiger partial charge < -0.3 is 23.7 Å². The van der Waals surface area contributed by atoms with Crippen LogP contribution in [0, 0.1) is 0 Å². The summed E-state index contributed by atoms with van der Waals surface area (Å²) in [6, 6.07) is 6.49. The molecule has 0 aliphatic rings. The van der Waals surface area contributed by atoms with Gasteiger partial charge in [0.2, 0.25) is 5.75 Å². The number of hydrogen-bond donors (Lipinski definition) is 0. The van der Waals surface area contributed by atoms with Crippen LogP contribution in [0.4, 0.5) is 11.4 Å². The number of nitrogens with zero attached hydrogens (tertiary/aromatic N) is 2. The fraction of sp³-hybridized carbons (Fsp3) is 0.278. The second-order valence-corrected chi connectivity index (χ2v) is 4.97. The van der Waals surface area contributed by atoms with E-state index in [9.17, 15) is 4.79 Å². The third kappa shape index (κ3) is 3.85. The molecule has 2 aromatic rings. The van der Waals surface area contributed by atoms with Crippen LogP contribution in [-0.4, -0.2) is 41.8 Å². The van der Waals surface area contributed by atoms with Crippen molar-refractivity contribution in [3.05, 3.63) is 29.8 Å². The molecule has 0 heterocycles. The summed E-state index contributed by atoms with van der Waals surface area (Å²) in [4.78, 5) is 11.3. The lowest BCUT2D eigenvalue weighted by Gasteiger charge is -2.12. The zero-order valence-electron chi connectivity index (χ0n) is 15.2. The maximum atomic E-state index is 11.3. The Bertz CT molecular complexity index is 795. The summed E-state index contributed by atoms with van der Waals surface area (Å²) >= 11 is 0. The van der Waals surface area contributed by atoms with Gasteiger partial charge >= 0.3 is 0 Å². The van der Waals surface area contributed by atoms with E-state index in [0.717, 1.165) is 0 Å². The summed E-state index contributed by atoms with van der Waals surface area (Å²) in [6.45, 7) is 0. The highest BCUT2D eigenvalue weighted by Gasteiger charge is 2.14. The molecule has 0 unspecified atom stereocenters. The zero-order valence-corrected chi connectivity index (χ0v) is 15.2. The molecule has 0 saturated heterocycles. The third-order valence-electron chi connectivity index (χ3n) is 3.55. The SMILES string of the molecule is COc1cc(N=Nc2cc(OC)c(OC)c(OC)c2)cc(C=O)c1OC. The Labute approximate surface area is 151 Å². The molecule has 0 bridgehead atoms. The molecule has 0 aliphatic carbocycles. The lowest BCUT2D eigenvalue weighted by Crippen LogP contribution is -1.95. The molecule has 8 heteroatoms. The number of rotatable bonds is 8. The maximum Gasteiger partial charge on any atom is 0.203 e. The van der Waals surface area contributed by atoms with E-state index in [1.54, 1.807) is 24.3 Å². The third-order valence-corrected chi connectivity index (χ3v) is 3.55. The summed E-state index contributed by atoms with van der Waals surface area (Å²) in [7, 11) is 7.49. The van der Waals surface area contributed by atoms with Crippen molar-refractivity contribution in [3.63, 3.8) is 0 Å². The quantitative estimate of drug-likeness (QED) is 0.523. The van der Waals surface area contributed by atoms with Gasteiger partial charge in [-0.3, -0.25) is 4.79 Å². The van der Waals surface area contributed by atoms with E-state index in [1.807, 2.05) is 0 Å². The van der Waals surface area contributed by atoms with Crippen LogP contribution in [0.25, 0.3) is 0 Å². The molecule has 0 radical (unpaired) electrons. The van der Waals surface area contributed by atoms with Crippen molar-refractivity contribution in [2.24, 2.45) is 10.2 Å². The van der Waals surface area contributed by atoms with Crippen molar-refractivity contribution in [1.82, 2.24) is 0 Å². The van der Waals surface area contributed by atoms with Crippen molar-refractivity contribution in [3.8, 4) is 28.7 Å². The molecule has 2 aromatic carbocycles. The first-order valence-electron chi connectivity index (χ1n) is 7.54. The fourth-order valence-electron chi connectivity index (χ4n) is 2.36. The van der Waals surface area contributed by atoms with Crippen LogP contribution in [0.5, 0.6) is 28.7 Å². The van der Waals surface area contributed by atoms with Gasteiger partial charge in [-0.25, -0.2) is 0 Å². The molecule has 0 amide bonds. The first-order valence-corrected chi connectivity index (χ1v) is 7.54. The van der Waals surface area contributed by atoms with Crippen molar-refractivity contribution in [2.45, 2.75) is 0 Å². The van der Waals surface area contributed by atoms with E-state index < -0.39 is 0 Å². The summed E-state index contributed by atoms with van der Waals surface area (Å²) < 4.78 is 26.3. The second-order valence-electron chi connectivity index (χ2n) is 4.97. The average Bonchev–Trinajstić information content (AvgIpc) is 2.70. The monoisotopic (exact) mass is 360 g/mol. The van der Waals surface area contributed by atoms with Gasteiger partial charge in [0.15, 0.2) is 29.3 Å². The number of carbonyl (C=O) groups is 1. The first-order chi connectivity index (χ1) is 12.6. The fourth-order valence-corrected chi connectivity index (χ4v) is 2.36. The number of benzene rings is 2. The molecule has 0 aromatic heterocycles. The number of methoxy groups -OCH3 is 5. The minimum Gasteiger partial charge on any atom is -0.493 e. The maximum absolute atomic E-state index is 11.3. The Balaban J connectivity index is 2.45. The molecule has 0 fully saturated rings. The van der Waals surface area contributed by atoms with E-state index in [2.05, 4.69) is 10.2 Å². The molecule has 0 atom stereocenters. The number of ether oxygens (including phenoxy) is 5. The van der Waals surface area contributed by atoms with Gasteiger partial charge in [-0.05, 0) is 6.07 Å². The molecule has 0 saturated carbocycles. The lowest BCUT2D eigenvalue weighted by molar-refractivity contribution is 0.112. The predicted molar refractivity (Wildman–Crippen MR) is 95.2 cm³/mol. The van der Waals surface area contributed by atoms with E-state index in [0.29, 0.717) is 52.0 Å². The van der Waals surface area contributed by atoms with Crippen LogP contribution in [0.1, 0.15) is 10.4 Å². The smallest absolute Gasteiger partial charge is 0.203 e. The van der Waals surface area contributed by atoms with Gasteiger partial charge in [-0.15, -0.1) is 0 Å². The molecule has 0 spiro atoms. The normalized spacial score (nSPS) is 10.5. The summed E-state index contributed by atoms with van der Waals surface area (Å²) in [6.07, 6.45) is 0.666. The number of azo groups is 1.